The van der Waals surface area contributed by atoms with Crippen molar-refractivity contribution in [2.75, 3.05) is 12.8 Å². The second-order valence-electron chi connectivity index (χ2n) is 3.60. The van der Waals surface area contributed by atoms with Gasteiger partial charge in [0.05, 0.1) is 35.2 Å². The van der Waals surface area contributed by atoms with Crippen LogP contribution in [0.2, 0.25) is 0 Å². The standard InChI is InChI=1S/C11H12N4OS/c1-15(5-8-6-17-7-14-8)11(16)9-2-3-13-4-10(9)12/h2-4,6-7H,5,12H2,1H3. The van der Waals surface area contributed by atoms with Crippen molar-refractivity contribution in [3.63, 3.8) is 0 Å². The molecule has 5 nitrogen and oxygen atoms in total. The molecule has 0 aliphatic heterocycles. The van der Waals surface area contributed by atoms with Crippen molar-refractivity contribution in [1.29, 1.82) is 0 Å². The lowest BCUT2D eigenvalue weighted by molar-refractivity contribution is 0.0784. The maximum Gasteiger partial charge on any atom is 0.256 e. The van der Waals surface area contributed by atoms with E-state index in [2.05, 4.69) is 9.97 Å². The van der Waals surface area contributed by atoms with Crippen molar-refractivity contribution in [2.24, 2.45) is 0 Å². The number of anilines is 1. The smallest absolute Gasteiger partial charge is 0.256 e. The van der Waals surface area contributed by atoms with Gasteiger partial charge in [-0.2, -0.15) is 0 Å². The lowest BCUT2D eigenvalue weighted by Crippen LogP contribution is -2.27. The lowest BCUT2D eigenvalue weighted by Gasteiger charge is -2.16. The third-order valence-electron chi connectivity index (χ3n) is 2.31. The number of amides is 1. The average Bonchev–Trinajstić information content (AvgIpc) is 2.81. The number of pyridine rings is 1. The highest BCUT2D eigenvalue weighted by Crippen LogP contribution is 2.13. The maximum absolute atomic E-state index is 12.1. The van der Waals surface area contributed by atoms with Crippen LogP contribution >= 0.6 is 11.3 Å². The predicted molar refractivity (Wildman–Crippen MR) is 66.6 cm³/mol. The summed E-state index contributed by atoms with van der Waals surface area (Å²) in [6.45, 7) is 0.476. The molecular weight excluding hydrogens is 236 g/mol. The van der Waals surface area contributed by atoms with Crippen LogP contribution in [0.15, 0.2) is 29.4 Å². The largest absolute Gasteiger partial charge is 0.397 e. The fourth-order valence-electron chi connectivity index (χ4n) is 1.44. The Bertz CT molecular complexity index is 512. The third-order valence-corrected chi connectivity index (χ3v) is 2.95. The first kappa shape index (κ1) is 11.5. The second-order valence-corrected chi connectivity index (χ2v) is 4.32. The molecule has 0 spiro atoms. The zero-order chi connectivity index (χ0) is 12.3. The van der Waals surface area contributed by atoms with Gasteiger partial charge in [-0.05, 0) is 6.07 Å². The number of rotatable bonds is 3. The van der Waals surface area contributed by atoms with Crippen molar-refractivity contribution >= 4 is 22.9 Å². The van der Waals surface area contributed by atoms with E-state index in [4.69, 9.17) is 5.73 Å². The molecule has 1 amide bonds. The fraction of sp³-hybridized carbons (Fsp3) is 0.182. The van der Waals surface area contributed by atoms with Crippen LogP contribution in [-0.4, -0.2) is 27.8 Å². The molecule has 2 aromatic heterocycles. The zero-order valence-corrected chi connectivity index (χ0v) is 10.1. The zero-order valence-electron chi connectivity index (χ0n) is 9.33. The predicted octanol–water partition coefficient (Wildman–Crippen LogP) is 1.39. The molecule has 2 rings (SSSR count). The Balaban J connectivity index is 2.13. The number of thiazole rings is 1. The first-order chi connectivity index (χ1) is 8.18. The summed E-state index contributed by atoms with van der Waals surface area (Å²) in [5.41, 5.74) is 9.19. The Kier molecular flexibility index (Phi) is 3.34. The summed E-state index contributed by atoms with van der Waals surface area (Å²) in [6, 6.07) is 1.62. The van der Waals surface area contributed by atoms with Crippen LogP contribution in [0.3, 0.4) is 0 Å². The van der Waals surface area contributed by atoms with Gasteiger partial charge in [0, 0.05) is 18.6 Å². The molecule has 2 heterocycles. The van der Waals surface area contributed by atoms with E-state index in [9.17, 15) is 4.79 Å². The number of nitrogen functional groups attached to an aromatic ring is 1. The molecule has 6 heteroatoms. The highest BCUT2D eigenvalue weighted by Gasteiger charge is 2.15. The first-order valence-corrected chi connectivity index (χ1v) is 5.95. The van der Waals surface area contributed by atoms with Crippen LogP contribution in [0.5, 0.6) is 0 Å². The first-order valence-electron chi connectivity index (χ1n) is 5.00. The Labute approximate surface area is 103 Å². The third kappa shape index (κ3) is 2.59. The minimum atomic E-state index is -0.127. The van der Waals surface area contributed by atoms with Crippen LogP contribution in [-0.2, 0) is 6.54 Å². The number of carbonyl (C=O) groups excluding carboxylic acids is 1. The molecule has 0 saturated carbocycles. The topological polar surface area (TPSA) is 72.1 Å². The maximum atomic E-state index is 12.1. The summed E-state index contributed by atoms with van der Waals surface area (Å²) in [5.74, 6) is -0.127. The fourth-order valence-corrected chi connectivity index (χ4v) is 1.99. The minimum absolute atomic E-state index is 0.127. The number of aromatic nitrogens is 2. The highest BCUT2D eigenvalue weighted by atomic mass is 32.1. The van der Waals surface area contributed by atoms with Crippen LogP contribution in [0.25, 0.3) is 0 Å². The molecule has 0 aliphatic rings. The van der Waals surface area contributed by atoms with Gasteiger partial charge in [0.1, 0.15) is 0 Å². The van der Waals surface area contributed by atoms with Crippen LogP contribution in [0.1, 0.15) is 16.1 Å². The normalized spacial score (nSPS) is 10.2. The van der Waals surface area contributed by atoms with E-state index in [0.717, 1.165) is 5.69 Å². The van der Waals surface area contributed by atoms with Gasteiger partial charge in [0.25, 0.3) is 5.91 Å². The van der Waals surface area contributed by atoms with Gasteiger partial charge in [-0.1, -0.05) is 0 Å². The Morgan fingerprint density at radius 1 is 1.59 bits per heavy atom. The summed E-state index contributed by atoms with van der Waals surface area (Å²) >= 11 is 1.51. The Hall–Kier alpha value is -1.95. The number of carbonyl (C=O) groups is 1. The van der Waals surface area contributed by atoms with Gasteiger partial charge < -0.3 is 10.6 Å². The van der Waals surface area contributed by atoms with E-state index in [1.165, 1.54) is 17.5 Å². The molecule has 0 atom stereocenters. The van der Waals surface area contributed by atoms with Gasteiger partial charge in [0.2, 0.25) is 0 Å². The monoisotopic (exact) mass is 248 g/mol. The number of hydrogen-bond acceptors (Lipinski definition) is 5. The molecule has 0 radical (unpaired) electrons. The molecule has 0 aromatic carbocycles. The van der Waals surface area contributed by atoms with Crippen molar-refractivity contribution in [1.82, 2.24) is 14.9 Å². The van der Waals surface area contributed by atoms with Crippen LogP contribution in [0, 0.1) is 0 Å². The molecule has 88 valence electrons. The van der Waals surface area contributed by atoms with E-state index in [1.807, 2.05) is 5.38 Å². The van der Waals surface area contributed by atoms with E-state index >= 15 is 0 Å². The summed E-state index contributed by atoms with van der Waals surface area (Å²) < 4.78 is 0. The molecule has 17 heavy (non-hydrogen) atoms. The minimum Gasteiger partial charge on any atom is -0.397 e. The van der Waals surface area contributed by atoms with Crippen molar-refractivity contribution in [2.45, 2.75) is 6.54 Å². The molecule has 0 fully saturated rings. The van der Waals surface area contributed by atoms with E-state index in [0.29, 0.717) is 17.8 Å². The SMILES string of the molecule is CN(Cc1cscn1)C(=O)c1ccncc1N. The molecule has 0 aliphatic carbocycles. The van der Waals surface area contributed by atoms with E-state index in [1.54, 1.807) is 29.7 Å². The van der Waals surface area contributed by atoms with Gasteiger partial charge in [-0.25, -0.2) is 4.98 Å². The summed E-state index contributed by atoms with van der Waals surface area (Å²) in [7, 11) is 1.72. The van der Waals surface area contributed by atoms with Gasteiger partial charge in [0.15, 0.2) is 0 Å². The van der Waals surface area contributed by atoms with Gasteiger partial charge >= 0.3 is 0 Å². The Morgan fingerprint density at radius 2 is 2.41 bits per heavy atom. The molecular formula is C11H12N4OS. The van der Waals surface area contributed by atoms with Crippen LogP contribution in [0.4, 0.5) is 5.69 Å². The average molecular weight is 248 g/mol. The number of hydrogen-bond donors (Lipinski definition) is 1. The van der Waals surface area contributed by atoms with Crippen molar-refractivity contribution in [3.8, 4) is 0 Å². The molecule has 0 unspecified atom stereocenters. The number of nitrogens with two attached hydrogens (primary N) is 1. The second kappa shape index (κ2) is 4.92. The molecule has 2 N–H and O–H groups in total. The van der Waals surface area contributed by atoms with Gasteiger partial charge in [-0.3, -0.25) is 9.78 Å². The van der Waals surface area contributed by atoms with Gasteiger partial charge in [-0.15, -0.1) is 11.3 Å². The highest BCUT2D eigenvalue weighted by molar-refractivity contribution is 7.07. The summed E-state index contributed by atoms with van der Waals surface area (Å²) in [4.78, 5) is 21.7. The van der Waals surface area contributed by atoms with E-state index < -0.39 is 0 Å². The van der Waals surface area contributed by atoms with Crippen LogP contribution < -0.4 is 5.73 Å². The van der Waals surface area contributed by atoms with E-state index in [-0.39, 0.29) is 5.91 Å². The van der Waals surface area contributed by atoms with Crippen molar-refractivity contribution < 1.29 is 4.79 Å². The lowest BCUT2D eigenvalue weighted by atomic mass is 10.2. The van der Waals surface area contributed by atoms with Crippen molar-refractivity contribution in [3.05, 3.63) is 40.6 Å². The Morgan fingerprint density at radius 3 is 3.06 bits per heavy atom. The summed E-state index contributed by atoms with van der Waals surface area (Å²) in [6.07, 6.45) is 3.03. The molecule has 0 saturated heterocycles. The molecule has 2 aromatic rings. The number of nitrogens with zero attached hydrogens (tertiary/aromatic N) is 3. The summed E-state index contributed by atoms with van der Waals surface area (Å²) in [5, 5.41) is 1.92. The quantitative estimate of drug-likeness (QED) is 0.891. The molecule has 0 bridgehead atoms.